The second-order valence-corrected chi connectivity index (χ2v) is 7.77. The van der Waals surface area contributed by atoms with Crippen molar-refractivity contribution in [3.8, 4) is 0 Å². The van der Waals surface area contributed by atoms with Crippen LogP contribution in [0.15, 0.2) is 53.7 Å². The minimum absolute atomic E-state index is 0.145. The lowest BCUT2D eigenvalue weighted by atomic mass is 10.2. The van der Waals surface area contributed by atoms with Gasteiger partial charge in [-0.15, -0.1) is 10.2 Å². The van der Waals surface area contributed by atoms with Gasteiger partial charge in [0, 0.05) is 28.4 Å². The number of nitrogens with zero attached hydrogens (tertiary/aromatic N) is 3. The predicted octanol–water partition coefficient (Wildman–Crippen LogP) is 4.91. The number of nitrogens with one attached hydrogen (secondary N) is 1. The van der Waals surface area contributed by atoms with Gasteiger partial charge >= 0.3 is 0 Å². The molecule has 0 saturated heterocycles. The third kappa shape index (κ3) is 4.83. The van der Waals surface area contributed by atoms with Gasteiger partial charge in [-0.25, -0.2) is 0 Å². The summed E-state index contributed by atoms with van der Waals surface area (Å²) in [4.78, 5) is 12.3. The Labute approximate surface area is 172 Å². The predicted molar refractivity (Wildman–Crippen MR) is 109 cm³/mol. The quantitative estimate of drug-likeness (QED) is 0.575. The van der Waals surface area contributed by atoms with Gasteiger partial charge in [-0.2, -0.15) is 0 Å². The Bertz CT molecular complexity index is 946. The average molecular weight is 421 g/mol. The molecular formula is C19H18Cl2N4OS. The third-order valence-corrected chi connectivity index (χ3v) is 5.67. The maximum absolute atomic E-state index is 12.3. The van der Waals surface area contributed by atoms with Crippen LogP contribution >= 0.6 is 35.0 Å². The van der Waals surface area contributed by atoms with Crippen LogP contribution in [0.4, 0.5) is 0 Å². The van der Waals surface area contributed by atoms with Gasteiger partial charge in [0.15, 0.2) is 11.0 Å². The third-order valence-electron chi connectivity index (χ3n) is 4.01. The van der Waals surface area contributed by atoms with Crippen LogP contribution in [0.5, 0.6) is 0 Å². The molecule has 0 aliphatic heterocycles. The van der Waals surface area contributed by atoms with Gasteiger partial charge in [0.2, 0.25) is 0 Å². The number of benzene rings is 2. The van der Waals surface area contributed by atoms with Crippen LogP contribution in [0.2, 0.25) is 10.0 Å². The molecule has 0 aliphatic carbocycles. The van der Waals surface area contributed by atoms with Crippen molar-refractivity contribution >= 4 is 40.9 Å². The first-order valence-corrected chi connectivity index (χ1v) is 10.0. The molecule has 3 aromatic rings. The number of rotatable bonds is 6. The molecule has 0 aliphatic rings. The summed E-state index contributed by atoms with van der Waals surface area (Å²) >= 11 is 13.7. The molecule has 140 valence electrons. The minimum Gasteiger partial charge on any atom is -0.342 e. The van der Waals surface area contributed by atoms with Crippen LogP contribution in [0.25, 0.3) is 0 Å². The number of carbonyl (C=O) groups is 1. The highest BCUT2D eigenvalue weighted by molar-refractivity contribution is 7.98. The van der Waals surface area contributed by atoms with Crippen molar-refractivity contribution in [2.24, 2.45) is 7.05 Å². The highest BCUT2D eigenvalue weighted by Gasteiger charge is 2.18. The Hall–Kier alpha value is -2.02. The van der Waals surface area contributed by atoms with Crippen molar-refractivity contribution in [2.75, 3.05) is 0 Å². The highest BCUT2D eigenvalue weighted by Crippen LogP contribution is 2.28. The molecule has 1 N–H and O–H groups in total. The van der Waals surface area contributed by atoms with Crippen LogP contribution in [0.1, 0.15) is 34.7 Å². The molecule has 1 unspecified atom stereocenters. The summed E-state index contributed by atoms with van der Waals surface area (Å²) in [7, 11) is 1.88. The Morgan fingerprint density at radius 1 is 1.19 bits per heavy atom. The van der Waals surface area contributed by atoms with E-state index in [9.17, 15) is 4.79 Å². The fourth-order valence-electron chi connectivity index (χ4n) is 2.54. The van der Waals surface area contributed by atoms with Crippen molar-refractivity contribution in [3.05, 3.63) is 75.5 Å². The first kappa shape index (κ1) is 19.7. The second kappa shape index (κ2) is 8.78. The number of amides is 1. The van der Waals surface area contributed by atoms with Crippen molar-refractivity contribution < 1.29 is 4.79 Å². The van der Waals surface area contributed by atoms with Gasteiger partial charge in [0.05, 0.1) is 6.04 Å². The minimum atomic E-state index is -0.274. The van der Waals surface area contributed by atoms with E-state index in [2.05, 4.69) is 15.5 Å². The van der Waals surface area contributed by atoms with Gasteiger partial charge in [-0.1, -0.05) is 59.2 Å². The Balaban J connectivity index is 1.66. The fraction of sp³-hybridized carbons (Fsp3) is 0.211. The summed E-state index contributed by atoms with van der Waals surface area (Å²) in [6.45, 7) is 1.88. The average Bonchev–Trinajstić information content (AvgIpc) is 3.02. The Morgan fingerprint density at radius 2 is 1.93 bits per heavy atom. The summed E-state index contributed by atoms with van der Waals surface area (Å²) in [5.41, 5.74) is 1.58. The van der Waals surface area contributed by atoms with Crippen LogP contribution in [-0.4, -0.2) is 20.7 Å². The normalized spacial score (nSPS) is 12.0. The lowest BCUT2D eigenvalue weighted by molar-refractivity contribution is 0.0937. The highest BCUT2D eigenvalue weighted by atomic mass is 35.5. The molecular weight excluding hydrogens is 403 g/mol. The Kier molecular flexibility index (Phi) is 6.42. The molecule has 0 spiro atoms. The van der Waals surface area contributed by atoms with Crippen LogP contribution in [0.3, 0.4) is 0 Å². The maximum Gasteiger partial charge on any atom is 0.251 e. The molecule has 2 aromatic carbocycles. The topological polar surface area (TPSA) is 59.8 Å². The second-order valence-electron chi connectivity index (χ2n) is 5.99. The molecule has 1 amide bonds. The number of aromatic nitrogens is 3. The number of hydrogen-bond acceptors (Lipinski definition) is 4. The molecule has 5 nitrogen and oxygen atoms in total. The van der Waals surface area contributed by atoms with Crippen molar-refractivity contribution in [1.82, 2.24) is 20.1 Å². The fourth-order valence-corrected chi connectivity index (χ4v) is 4.02. The van der Waals surface area contributed by atoms with E-state index >= 15 is 0 Å². The number of halogens is 2. The number of hydrogen-bond donors (Lipinski definition) is 1. The van der Waals surface area contributed by atoms with E-state index in [1.54, 1.807) is 18.2 Å². The van der Waals surface area contributed by atoms with Crippen molar-refractivity contribution in [1.29, 1.82) is 0 Å². The van der Waals surface area contributed by atoms with E-state index in [1.807, 2.05) is 48.9 Å². The largest absolute Gasteiger partial charge is 0.342 e. The number of carbonyl (C=O) groups excluding carboxylic acids is 1. The SMILES string of the molecule is CC(NC(=O)c1ccccc1)c1nnc(SCc2ccc(Cl)cc2Cl)n1C. The molecule has 1 atom stereocenters. The van der Waals surface area contributed by atoms with Gasteiger partial charge in [0.1, 0.15) is 0 Å². The van der Waals surface area contributed by atoms with Gasteiger partial charge < -0.3 is 9.88 Å². The first-order chi connectivity index (χ1) is 13.0. The molecule has 27 heavy (non-hydrogen) atoms. The summed E-state index contributed by atoms with van der Waals surface area (Å²) in [6.07, 6.45) is 0. The summed E-state index contributed by atoms with van der Waals surface area (Å²) in [5, 5.41) is 13.4. The van der Waals surface area contributed by atoms with Crippen molar-refractivity contribution in [3.63, 3.8) is 0 Å². The van der Waals surface area contributed by atoms with E-state index in [4.69, 9.17) is 23.2 Å². The van der Waals surface area contributed by atoms with E-state index < -0.39 is 0 Å². The zero-order chi connectivity index (χ0) is 19.4. The van der Waals surface area contributed by atoms with Gasteiger partial charge in [-0.3, -0.25) is 4.79 Å². The zero-order valence-electron chi connectivity index (χ0n) is 14.8. The zero-order valence-corrected chi connectivity index (χ0v) is 17.1. The standard InChI is InChI=1S/C19H18Cl2N4OS/c1-12(22-18(26)13-6-4-3-5-7-13)17-23-24-19(25(17)2)27-11-14-8-9-15(20)10-16(14)21/h3-10,12H,11H2,1-2H3,(H,22,26). The summed E-state index contributed by atoms with van der Waals surface area (Å²) < 4.78 is 1.88. The summed E-state index contributed by atoms with van der Waals surface area (Å²) in [6, 6.07) is 14.2. The molecule has 8 heteroatoms. The molecule has 0 fully saturated rings. The van der Waals surface area contributed by atoms with Crippen molar-refractivity contribution in [2.45, 2.75) is 23.9 Å². The van der Waals surface area contributed by atoms with Crippen LogP contribution < -0.4 is 5.32 Å². The molecule has 1 aromatic heterocycles. The van der Waals surface area contributed by atoms with E-state index in [1.165, 1.54) is 11.8 Å². The molecule has 3 rings (SSSR count). The van der Waals surface area contributed by atoms with Crippen LogP contribution in [0, 0.1) is 0 Å². The van der Waals surface area contributed by atoms with E-state index in [-0.39, 0.29) is 11.9 Å². The lowest BCUT2D eigenvalue weighted by Gasteiger charge is -2.13. The van der Waals surface area contributed by atoms with Gasteiger partial charge in [0.25, 0.3) is 5.91 Å². The molecule has 0 bridgehead atoms. The van der Waals surface area contributed by atoms with Gasteiger partial charge in [-0.05, 0) is 36.8 Å². The van der Waals surface area contributed by atoms with E-state index in [0.29, 0.717) is 27.2 Å². The van der Waals surface area contributed by atoms with E-state index in [0.717, 1.165) is 10.7 Å². The molecule has 0 saturated carbocycles. The monoisotopic (exact) mass is 420 g/mol. The molecule has 1 heterocycles. The Morgan fingerprint density at radius 3 is 2.63 bits per heavy atom. The van der Waals surface area contributed by atoms with Crippen LogP contribution in [-0.2, 0) is 12.8 Å². The molecule has 0 radical (unpaired) electrons. The smallest absolute Gasteiger partial charge is 0.251 e. The maximum atomic E-state index is 12.3. The first-order valence-electron chi connectivity index (χ1n) is 8.27. The summed E-state index contributed by atoms with van der Waals surface area (Å²) in [5.74, 6) is 1.18. The number of thioether (sulfide) groups is 1. The lowest BCUT2D eigenvalue weighted by Crippen LogP contribution is -2.28.